The highest BCUT2D eigenvalue weighted by Crippen LogP contribution is 2.55. The highest BCUT2D eigenvalue weighted by atomic mass is 32.1. The molecule has 1 saturated carbocycles. The summed E-state index contributed by atoms with van der Waals surface area (Å²) in [5, 5.41) is 0. The second kappa shape index (κ2) is 5.91. The van der Waals surface area contributed by atoms with Gasteiger partial charge in [0.2, 0.25) is 0 Å². The van der Waals surface area contributed by atoms with Crippen LogP contribution in [0.15, 0.2) is 24.3 Å². The molecular weight excluding hydrogens is 248 g/mol. The summed E-state index contributed by atoms with van der Waals surface area (Å²) in [6.07, 6.45) is 7.98. The van der Waals surface area contributed by atoms with Crippen LogP contribution < -0.4 is 0 Å². The standard InChI is InChI=1S/C18H28S/c1-4-11-18(14-19)13-8-7-12-17(18,3)16-10-6-5-9-15(16)2/h5-6,9-10,19H,4,7-8,11-14H2,1-3H3. The Hall–Kier alpha value is -0.430. The average molecular weight is 276 g/mol. The van der Waals surface area contributed by atoms with Gasteiger partial charge in [0, 0.05) is 0 Å². The van der Waals surface area contributed by atoms with E-state index in [2.05, 4.69) is 45.0 Å². The summed E-state index contributed by atoms with van der Waals surface area (Å²) in [4.78, 5) is 0. The normalized spacial score (nSPS) is 31.4. The van der Waals surface area contributed by atoms with Crippen molar-refractivity contribution in [2.75, 3.05) is 5.75 Å². The molecule has 19 heavy (non-hydrogen) atoms. The predicted octanol–water partition coefficient (Wildman–Crippen LogP) is 5.54. The fraction of sp³-hybridized carbons (Fsp3) is 0.667. The SMILES string of the molecule is CCCC1(CS)CCCCC1(C)c1ccccc1C. The van der Waals surface area contributed by atoms with Crippen LogP contribution in [0.2, 0.25) is 0 Å². The highest BCUT2D eigenvalue weighted by molar-refractivity contribution is 7.80. The van der Waals surface area contributed by atoms with Gasteiger partial charge in [-0.25, -0.2) is 0 Å². The predicted molar refractivity (Wildman–Crippen MR) is 88.2 cm³/mol. The number of hydrogen-bond acceptors (Lipinski definition) is 1. The van der Waals surface area contributed by atoms with Crippen molar-refractivity contribution in [1.82, 2.24) is 0 Å². The molecule has 1 heteroatoms. The summed E-state index contributed by atoms with van der Waals surface area (Å²) >= 11 is 4.78. The zero-order valence-corrected chi connectivity index (χ0v) is 13.6. The molecule has 0 spiro atoms. The first-order valence-corrected chi connectivity index (χ1v) is 8.40. The lowest BCUT2D eigenvalue weighted by atomic mass is 9.53. The van der Waals surface area contributed by atoms with Crippen LogP contribution in [0, 0.1) is 12.3 Å². The van der Waals surface area contributed by atoms with Gasteiger partial charge in [-0.15, -0.1) is 0 Å². The molecule has 0 nitrogen and oxygen atoms in total. The van der Waals surface area contributed by atoms with Gasteiger partial charge in [0.15, 0.2) is 0 Å². The average Bonchev–Trinajstić information content (AvgIpc) is 2.42. The smallest absolute Gasteiger partial charge is 0.000849 e. The third kappa shape index (κ3) is 2.46. The van der Waals surface area contributed by atoms with E-state index in [0.717, 1.165) is 5.75 Å². The minimum absolute atomic E-state index is 0.300. The number of thiol groups is 1. The quantitative estimate of drug-likeness (QED) is 0.685. The molecule has 1 fully saturated rings. The summed E-state index contributed by atoms with van der Waals surface area (Å²) in [5.41, 5.74) is 3.70. The number of rotatable bonds is 4. The van der Waals surface area contributed by atoms with E-state index >= 15 is 0 Å². The van der Waals surface area contributed by atoms with Crippen molar-refractivity contribution in [2.24, 2.45) is 5.41 Å². The van der Waals surface area contributed by atoms with Crippen LogP contribution in [0.25, 0.3) is 0 Å². The Morgan fingerprint density at radius 3 is 2.47 bits per heavy atom. The van der Waals surface area contributed by atoms with Crippen LogP contribution in [-0.4, -0.2) is 5.75 Å². The topological polar surface area (TPSA) is 0 Å². The van der Waals surface area contributed by atoms with Crippen LogP contribution in [0.3, 0.4) is 0 Å². The lowest BCUT2D eigenvalue weighted by Crippen LogP contribution is -2.48. The molecule has 0 N–H and O–H groups in total. The van der Waals surface area contributed by atoms with E-state index in [1.54, 1.807) is 5.56 Å². The van der Waals surface area contributed by atoms with E-state index in [9.17, 15) is 0 Å². The number of aryl methyl sites for hydroxylation is 1. The molecule has 0 amide bonds. The third-order valence-electron chi connectivity index (χ3n) is 5.52. The van der Waals surface area contributed by atoms with Gasteiger partial charge in [0.1, 0.15) is 0 Å². The molecule has 1 aliphatic rings. The van der Waals surface area contributed by atoms with Gasteiger partial charge in [-0.2, -0.15) is 12.6 Å². The van der Waals surface area contributed by atoms with E-state index < -0.39 is 0 Å². The molecule has 1 aromatic rings. The largest absolute Gasteiger partial charge is 0.179 e. The Kier molecular flexibility index (Phi) is 4.66. The lowest BCUT2D eigenvalue weighted by Gasteiger charge is -2.53. The van der Waals surface area contributed by atoms with E-state index in [-0.39, 0.29) is 0 Å². The summed E-state index contributed by atoms with van der Waals surface area (Å²) in [7, 11) is 0. The summed E-state index contributed by atoms with van der Waals surface area (Å²) in [5.74, 6) is 1.02. The van der Waals surface area contributed by atoms with E-state index in [1.165, 1.54) is 44.1 Å². The van der Waals surface area contributed by atoms with Crippen molar-refractivity contribution < 1.29 is 0 Å². The molecule has 2 unspecified atom stereocenters. The Morgan fingerprint density at radius 2 is 1.84 bits per heavy atom. The molecule has 1 aliphatic carbocycles. The van der Waals surface area contributed by atoms with E-state index in [0.29, 0.717) is 10.8 Å². The summed E-state index contributed by atoms with van der Waals surface area (Å²) < 4.78 is 0. The van der Waals surface area contributed by atoms with Gasteiger partial charge in [-0.3, -0.25) is 0 Å². The van der Waals surface area contributed by atoms with Gasteiger partial charge in [0.25, 0.3) is 0 Å². The molecule has 1 aromatic carbocycles. The monoisotopic (exact) mass is 276 g/mol. The van der Waals surface area contributed by atoms with Crippen LogP contribution >= 0.6 is 12.6 Å². The first kappa shape index (κ1) is 15.0. The van der Waals surface area contributed by atoms with Crippen LogP contribution in [0.1, 0.15) is 63.5 Å². The van der Waals surface area contributed by atoms with Gasteiger partial charge in [-0.1, -0.05) is 57.4 Å². The summed E-state index contributed by atoms with van der Waals surface area (Å²) in [6, 6.07) is 8.99. The maximum Gasteiger partial charge on any atom is -0.000849 e. The molecule has 0 heterocycles. The number of benzene rings is 1. The zero-order chi connectivity index (χ0) is 13.9. The molecule has 0 radical (unpaired) electrons. The molecule has 0 aliphatic heterocycles. The molecule has 0 aromatic heterocycles. The van der Waals surface area contributed by atoms with Gasteiger partial charge < -0.3 is 0 Å². The second-order valence-corrected chi connectivity index (χ2v) is 6.86. The van der Waals surface area contributed by atoms with Crippen molar-refractivity contribution in [1.29, 1.82) is 0 Å². The maximum atomic E-state index is 4.78. The van der Waals surface area contributed by atoms with Crippen molar-refractivity contribution in [3.8, 4) is 0 Å². The third-order valence-corrected chi connectivity index (χ3v) is 6.13. The molecule has 106 valence electrons. The van der Waals surface area contributed by atoms with Crippen LogP contribution in [-0.2, 0) is 5.41 Å². The highest BCUT2D eigenvalue weighted by Gasteiger charge is 2.49. The summed E-state index contributed by atoms with van der Waals surface area (Å²) in [6.45, 7) is 7.09. The number of hydrogen-bond donors (Lipinski definition) is 1. The first-order valence-electron chi connectivity index (χ1n) is 7.76. The second-order valence-electron chi connectivity index (χ2n) is 6.54. The minimum atomic E-state index is 0.300. The lowest BCUT2D eigenvalue weighted by molar-refractivity contribution is 0.0819. The molecule has 0 saturated heterocycles. The van der Waals surface area contributed by atoms with Crippen LogP contribution in [0.4, 0.5) is 0 Å². The fourth-order valence-corrected chi connectivity index (χ4v) is 4.97. The van der Waals surface area contributed by atoms with E-state index in [4.69, 9.17) is 12.6 Å². The minimum Gasteiger partial charge on any atom is -0.179 e. The van der Waals surface area contributed by atoms with Crippen molar-refractivity contribution in [3.05, 3.63) is 35.4 Å². The Bertz CT molecular complexity index is 421. The van der Waals surface area contributed by atoms with E-state index in [1.807, 2.05) is 0 Å². The van der Waals surface area contributed by atoms with Gasteiger partial charge >= 0.3 is 0 Å². The van der Waals surface area contributed by atoms with Crippen molar-refractivity contribution >= 4 is 12.6 Å². The Balaban J connectivity index is 2.50. The van der Waals surface area contributed by atoms with Crippen LogP contribution in [0.5, 0.6) is 0 Å². The zero-order valence-electron chi connectivity index (χ0n) is 12.7. The Labute approximate surface area is 124 Å². The fourth-order valence-electron chi connectivity index (χ4n) is 4.31. The first-order chi connectivity index (χ1) is 9.09. The van der Waals surface area contributed by atoms with Crippen molar-refractivity contribution in [3.63, 3.8) is 0 Å². The molecule has 2 rings (SSSR count). The Morgan fingerprint density at radius 1 is 1.16 bits per heavy atom. The molecule has 0 bridgehead atoms. The van der Waals surface area contributed by atoms with Crippen molar-refractivity contribution in [2.45, 2.75) is 64.7 Å². The maximum absolute atomic E-state index is 4.78. The molecule has 2 atom stereocenters. The molecular formula is C18H28S. The van der Waals surface area contributed by atoms with Gasteiger partial charge in [-0.05, 0) is 53.9 Å². The van der Waals surface area contributed by atoms with Gasteiger partial charge in [0.05, 0.1) is 0 Å².